The highest BCUT2D eigenvalue weighted by Crippen LogP contribution is 2.13. The van der Waals surface area contributed by atoms with E-state index in [0.29, 0.717) is 36.2 Å². The van der Waals surface area contributed by atoms with Crippen LogP contribution in [0.15, 0.2) is 35.8 Å². The molecule has 7 nitrogen and oxygen atoms in total. The minimum Gasteiger partial charge on any atom is -0.367 e. The van der Waals surface area contributed by atoms with Crippen LogP contribution in [-0.2, 0) is 4.79 Å². The van der Waals surface area contributed by atoms with E-state index >= 15 is 0 Å². The Morgan fingerprint density at radius 2 is 2.30 bits per heavy atom. The Labute approximate surface area is 115 Å². The lowest BCUT2D eigenvalue weighted by atomic mass is 10.3. The minimum absolute atomic E-state index is 0.195. The summed E-state index contributed by atoms with van der Waals surface area (Å²) in [6.45, 7) is 4.50. The number of rotatable bonds is 6. The van der Waals surface area contributed by atoms with Crippen LogP contribution >= 0.6 is 0 Å². The van der Waals surface area contributed by atoms with E-state index in [9.17, 15) is 9.59 Å². The first-order chi connectivity index (χ1) is 9.72. The molecule has 0 atom stereocenters. The Hall–Kier alpha value is -2.70. The molecule has 0 bridgehead atoms. The van der Waals surface area contributed by atoms with E-state index in [1.807, 2.05) is 0 Å². The maximum atomic E-state index is 11.6. The zero-order valence-corrected chi connectivity index (χ0v) is 10.8. The van der Waals surface area contributed by atoms with Crippen molar-refractivity contribution in [1.82, 2.24) is 20.5 Å². The summed E-state index contributed by atoms with van der Waals surface area (Å²) in [5.41, 5.74) is 0.267. The number of nitrogens with zero attached hydrogens (tertiary/aromatic N) is 2. The molecule has 2 rings (SSSR count). The predicted molar refractivity (Wildman–Crippen MR) is 76.5 cm³/mol. The number of aromatic amines is 1. The van der Waals surface area contributed by atoms with Gasteiger partial charge in [0.05, 0.1) is 5.39 Å². The standard InChI is InChI=1S/C13H15N5O2/c1-2-10(19)14-7-4-8-16-12-11-9(5-3-6-15-11)13(20)18-17-12/h2-3,5-6H,1,4,7-8H2,(H,14,19)(H,16,17)(H,18,20). The number of H-pyrrole nitrogens is 1. The lowest BCUT2D eigenvalue weighted by Crippen LogP contribution is -2.24. The normalized spacial score (nSPS) is 10.2. The number of fused-ring (bicyclic) bond motifs is 1. The molecule has 0 saturated carbocycles. The number of carbonyl (C=O) groups excluding carboxylic acids is 1. The smallest absolute Gasteiger partial charge is 0.273 e. The topological polar surface area (TPSA) is 99.8 Å². The SMILES string of the molecule is C=CC(=O)NCCCNc1n[nH]c(=O)c2cccnc12. The molecule has 104 valence electrons. The molecule has 0 radical (unpaired) electrons. The summed E-state index contributed by atoms with van der Waals surface area (Å²) in [7, 11) is 0. The Kier molecular flexibility index (Phi) is 4.43. The van der Waals surface area contributed by atoms with Gasteiger partial charge in [-0.05, 0) is 24.6 Å². The van der Waals surface area contributed by atoms with Crippen LogP contribution in [0.2, 0.25) is 0 Å². The Bertz CT molecular complexity index is 680. The van der Waals surface area contributed by atoms with Crippen molar-refractivity contribution in [2.75, 3.05) is 18.4 Å². The monoisotopic (exact) mass is 273 g/mol. The van der Waals surface area contributed by atoms with Gasteiger partial charge in [0.15, 0.2) is 5.82 Å². The average Bonchev–Trinajstić information content (AvgIpc) is 2.49. The molecule has 20 heavy (non-hydrogen) atoms. The van der Waals surface area contributed by atoms with E-state index in [1.54, 1.807) is 18.3 Å². The molecule has 7 heteroatoms. The third-order valence-corrected chi connectivity index (χ3v) is 2.68. The molecule has 0 fully saturated rings. The van der Waals surface area contributed by atoms with Gasteiger partial charge in [-0.15, -0.1) is 0 Å². The zero-order chi connectivity index (χ0) is 14.4. The fourth-order valence-electron chi connectivity index (χ4n) is 1.70. The highest BCUT2D eigenvalue weighted by molar-refractivity contribution is 5.87. The first-order valence-electron chi connectivity index (χ1n) is 6.20. The van der Waals surface area contributed by atoms with E-state index in [0.717, 1.165) is 0 Å². The highest BCUT2D eigenvalue weighted by Gasteiger charge is 2.06. The van der Waals surface area contributed by atoms with Crippen LogP contribution in [0.4, 0.5) is 5.82 Å². The van der Waals surface area contributed by atoms with Crippen LogP contribution in [-0.4, -0.2) is 34.2 Å². The number of aromatic nitrogens is 3. The van der Waals surface area contributed by atoms with Crippen molar-refractivity contribution in [2.45, 2.75) is 6.42 Å². The molecule has 0 spiro atoms. The third-order valence-electron chi connectivity index (χ3n) is 2.68. The first-order valence-corrected chi connectivity index (χ1v) is 6.20. The number of carbonyl (C=O) groups is 1. The second kappa shape index (κ2) is 6.46. The second-order valence-electron chi connectivity index (χ2n) is 4.08. The molecule has 2 aromatic heterocycles. The molecular weight excluding hydrogens is 258 g/mol. The summed E-state index contributed by atoms with van der Waals surface area (Å²) in [6.07, 6.45) is 3.56. The van der Waals surface area contributed by atoms with Crippen molar-refractivity contribution in [3.05, 3.63) is 41.3 Å². The van der Waals surface area contributed by atoms with Gasteiger partial charge in [0.25, 0.3) is 5.56 Å². The highest BCUT2D eigenvalue weighted by atomic mass is 16.1. The van der Waals surface area contributed by atoms with Crippen LogP contribution in [0.1, 0.15) is 6.42 Å². The minimum atomic E-state index is -0.267. The van der Waals surface area contributed by atoms with Crippen LogP contribution < -0.4 is 16.2 Å². The number of anilines is 1. The van der Waals surface area contributed by atoms with Gasteiger partial charge in [-0.1, -0.05) is 6.58 Å². The summed E-state index contributed by atoms with van der Waals surface area (Å²) < 4.78 is 0. The van der Waals surface area contributed by atoms with Gasteiger partial charge in [-0.25, -0.2) is 5.10 Å². The molecule has 1 amide bonds. The van der Waals surface area contributed by atoms with Crippen molar-refractivity contribution in [3.8, 4) is 0 Å². The lowest BCUT2D eigenvalue weighted by Gasteiger charge is -2.07. The van der Waals surface area contributed by atoms with Crippen molar-refractivity contribution in [3.63, 3.8) is 0 Å². The first kappa shape index (κ1) is 13.7. The number of hydrogen-bond donors (Lipinski definition) is 3. The average molecular weight is 273 g/mol. The molecule has 0 saturated heterocycles. The third kappa shape index (κ3) is 3.19. The second-order valence-corrected chi connectivity index (χ2v) is 4.08. The zero-order valence-electron chi connectivity index (χ0n) is 10.8. The predicted octanol–water partition coefficient (Wildman–Crippen LogP) is 0.422. The number of amides is 1. The number of nitrogens with one attached hydrogen (secondary N) is 3. The maximum Gasteiger partial charge on any atom is 0.273 e. The molecule has 0 aliphatic rings. The fourth-order valence-corrected chi connectivity index (χ4v) is 1.70. The lowest BCUT2D eigenvalue weighted by molar-refractivity contribution is -0.116. The van der Waals surface area contributed by atoms with Crippen molar-refractivity contribution < 1.29 is 4.79 Å². The van der Waals surface area contributed by atoms with Crippen molar-refractivity contribution in [1.29, 1.82) is 0 Å². The number of hydrogen-bond acceptors (Lipinski definition) is 5. The van der Waals surface area contributed by atoms with E-state index in [1.165, 1.54) is 6.08 Å². The van der Waals surface area contributed by atoms with E-state index in [-0.39, 0.29) is 11.5 Å². The van der Waals surface area contributed by atoms with Gasteiger partial charge in [0.2, 0.25) is 5.91 Å². The summed E-state index contributed by atoms with van der Waals surface area (Å²) in [5, 5.41) is 12.6. The Morgan fingerprint density at radius 3 is 3.10 bits per heavy atom. The number of pyridine rings is 1. The quantitative estimate of drug-likeness (QED) is 0.523. The molecule has 0 aliphatic heterocycles. The van der Waals surface area contributed by atoms with Crippen LogP contribution in [0.3, 0.4) is 0 Å². The largest absolute Gasteiger partial charge is 0.367 e. The molecule has 0 aliphatic carbocycles. The Morgan fingerprint density at radius 1 is 1.45 bits per heavy atom. The maximum absolute atomic E-state index is 11.6. The fraction of sp³-hybridized carbons (Fsp3) is 0.231. The van der Waals surface area contributed by atoms with Gasteiger partial charge in [-0.2, -0.15) is 5.10 Å². The molecule has 3 N–H and O–H groups in total. The molecule has 0 unspecified atom stereocenters. The van der Waals surface area contributed by atoms with E-state index in [4.69, 9.17) is 0 Å². The van der Waals surface area contributed by atoms with Gasteiger partial charge in [0, 0.05) is 19.3 Å². The van der Waals surface area contributed by atoms with Gasteiger partial charge in [0.1, 0.15) is 5.52 Å². The van der Waals surface area contributed by atoms with E-state index < -0.39 is 0 Å². The van der Waals surface area contributed by atoms with Gasteiger partial charge >= 0.3 is 0 Å². The van der Waals surface area contributed by atoms with Crippen LogP contribution in [0.25, 0.3) is 10.9 Å². The Balaban J connectivity index is 1.97. The van der Waals surface area contributed by atoms with Crippen LogP contribution in [0.5, 0.6) is 0 Å². The van der Waals surface area contributed by atoms with Crippen molar-refractivity contribution in [2.24, 2.45) is 0 Å². The summed E-state index contributed by atoms with van der Waals surface area (Å²) >= 11 is 0. The molecule has 2 aromatic rings. The molecule has 0 aromatic carbocycles. The summed E-state index contributed by atoms with van der Waals surface area (Å²) in [6, 6.07) is 3.39. The van der Waals surface area contributed by atoms with Crippen molar-refractivity contribution >= 4 is 22.6 Å². The van der Waals surface area contributed by atoms with E-state index in [2.05, 4.69) is 32.4 Å². The van der Waals surface area contributed by atoms with Gasteiger partial charge < -0.3 is 10.6 Å². The summed E-state index contributed by atoms with van der Waals surface area (Å²) in [4.78, 5) is 26.7. The van der Waals surface area contributed by atoms with Crippen LogP contribution in [0, 0.1) is 0 Å². The molecule has 2 heterocycles. The molecular formula is C13H15N5O2. The van der Waals surface area contributed by atoms with Gasteiger partial charge in [-0.3, -0.25) is 14.6 Å². The summed E-state index contributed by atoms with van der Waals surface area (Å²) in [5.74, 6) is 0.328.